The van der Waals surface area contributed by atoms with Crippen molar-refractivity contribution in [2.45, 2.75) is 38.3 Å². The largest absolute Gasteiger partial charge is 0.493 e. The molecule has 6 heteroatoms. The summed E-state index contributed by atoms with van der Waals surface area (Å²) < 4.78 is 20.9. The van der Waals surface area contributed by atoms with Crippen LogP contribution >= 0.6 is 0 Å². The highest BCUT2D eigenvalue weighted by Crippen LogP contribution is 2.32. The summed E-state index contributed by atoms with van der Waals surface area (Å²) in [4.78, 5) is 12.5. The number of carbonyl (C=O) groups excluding carboxylic acids is 1. The Morgan fingerprint density at radius 1 is 1.35 bits per heavy atom. The van der Waals surface area contributed by atoms with Crippen LogP contribution in [0.15, 0.2) is 24.3 Å². The summed E-state index contributed by atoms with van der Waals surface area (Å²) in [5.74, 6) is 0.0899. The van der Waals surface area contributed by atoms with Gasteiger partial charge >= 0.3 is 0 Å². The van der Waals surface area contributed by atoms with Gasteiger partial charge in [0.15, 0.2) is 0 Å². The molecule has 2 aliphatic heterocycles. The van der Waals surface area contributed by atoms with Gasteiger partial charge in [-0.25, -0.2) is 4.39 Å². The quantitative estimate of drug-likeness (QED) is 0.927. The van der Waals surface area contributed by atoms with E-state index in [4.69, 9.17) is 4.74 Å². The normalized spacial score (nSPS) is 19.4. The van der Waals surface area contributed by atoms with Crippen LogP contribution in [0.25, 0.3) is 0 Å². The predicted molar refractivity (Wildman–Crippen MR) is 81.9 cm³/mol. The monoisotopic (exact) mass is 315 g/mol. The molecule has 120 valence electrons. The lowest BCUT2D eigenvalue weighted by Crippen LogP contribution is -2.32. The molecule has 0 aliphatic carbocycles. The van der Waals surface area contributed by atoms with Gasteiger partial charge in [0, 0.05) is 24.2 Å². The number of aryl methyl sites for hydroxylation is 2. The fraction of sp³-hybridized carbons (Fsp3) is 0.412. The van der Waals surface area contributed by atoms with Gasteiger partial charge in [0.05, 0.1) is 12.6 Å². The molecule has 0 spiro atoms. The highest BCUT2D eigenvalue weighted by molar-refractivity contribution is 5.92. The number of fused-ring (bicyclic) bond motifs is 2. The number of rotatable bonds is 2. The van der Waals surface area contributed by atoms with Crippen molar-refractivity contribution < 1.29 is 13.9 Å². The van der Waals surface area contributed by atoms with Crippen molar-refractivity contribution in [3.05, 3.63) is 47.0 Å². The van der Waals surface area contributed by atoms with Gasteiger partial charge in [-0.3, -0.25) is 9.48 Å². The number of carbonyl (C=O) groups is 1. The van der Waals surface area contributed by atoms with E-state index < -0.39 is 0 Å². The Kier molecular flexibility index (Phi) is 3.52. The predicted octanol–water partition coefficient (Wildman–Crippen LogP) is 2.61. The Hall–Kier alpha value is -2.37. The van der Waals surface area contributed by atoms with Gasteiger partial charge in [-0.15, -0.1) is 0 Å². The second kappa shape index (κ2) is 5.68. The molecule has 0 fully saturated rings. The molecule has 1 amide bonds. The van der Waals surface area contributed by atoms with Gasteiger partial charge in [0.25, 0.3) is 5.91 Å². The van der Waals surface area contributed by atoms with Crippen LogP contribution in [0.2, 0.25) is 0 Å². The lowest BCUT2D eigenvalue weighted by molar-refractivity contribution is 0.0918. The number of ether oxygens (including phenoxy) is 1. The molecular weight excluding hydrogens is 297 g/mol. The van der Waals surface area contributed by atoms with Gasteiger partial charge < -0.3 is 10.1 Å². The minimum Gasteiger partial charge on any atom is -0.493 e. The van der Waals surface area contributed by atoms with E-state index >= 15 is 0 Å². The van der Waals surface area contributed by atoms with Gasteiger partial charge in [-0.05, 0) is 43.5 Å². The number of benzene rings is 1. The molecule has 0 radical (unpaired) electrons. The van der Waals surface area contributed by atoms with E-state index in [0.717, 1.165) is 31.5 Å². The molecular formula is C17H18FN3O2. The summed E-state index contributed by atoms with van der Waals surface area (Å²) >= 11 is 0. The number of halogens is 1. The van der Waals surface area contributed by atoms with Crippen LogP contribution in [0.3, 0.4) is 0 Å². The average molecular weight is 315 g/mol. The van der Waals surface area contributed by atoms with E-state index in [-0.39, 0.29) is 17.8 Å². The Bertz CT molecular complexity index is 733. The molecule has 1 atom stereocenters. The Morgan fingerprint density at radius 3 is 3.13 bits per heavy atom. The minimum atomic E-state index is -0.328. The second-order valence-electron chi connectivity index (χ2n) is 6.05. The van der Waals surface area contributed by atoms with Crippen molar-refractivity contribution in [3.8, 4) is 5.75 Å². The lowest BCUT2D eigenvalue weighted by Gasteiger charge is -2.26. The zero-order valence-corrected chi connectivity index (χ0v) is 12.7. The molecule has 4 rings (SSSR count). The number of aromatic nitrogens is 2. The van der Waals surface area contributed by atoms with Crippen LogP contribution < -0.4 is 10.1 Å². The van der Waals surface area contributed by atoms with Crippen molar-refractivity contribution in [3.63, 3.8) is 0 Å². The molecule has 0 saturated carbocycles. The third-order valence-corrected chi connectivity index (χ3v) is 4.47. The summed E-state index contributed by atoms with van der Waals surface area (Å²) in [6, 6.07) is 6.02. The number of hydrogen-bond acceptors (Lipinski definition) is 3. The van der Waals surface area contributed by atoms with E-state index in [1.807, 2.05) is 10.7 Å². The minimum absolute atomic E-state index is 0.214. The fourth-order valence-corrected chi connectivity index (χ4v) is 3.28. The Balaban J connectivity index is 1.56. The first kappa shape index (κ1) is 14.2. The first-order chi connectivity index (χ1) is 11.2. The fourth-order valence-electron chi connectivity index (χ4n) is 3.28. The smallest absolute Gasteiger partial charge is 0.272 e. The van der Waals surface area contributed by atoms with Crippen LogP contribution in [0.5, 0.6) is 5.75 Å². The van der Waals surface area contributed by atoms with E-state index in [2.05, 4.69) is 10.4 Å². The zero-order chi connectivity index (χ0) is 15.8. The van der Waals surface area contributed by atoms with Gasteiger partial charge in [0.2, 0.25) is 0 Å². The highest BCUT2D eigenvalue weighted by Gasteiger charge is 2.25. The van der Waals surface area contributed by atoms with Crippen LogP contribution in [-0.2, 0) is 13.0 Å². The molecule has 5 nitrogen and oxygen atoms in total. The number of amides is 1. The summed E-state index contributed by atoms with van der Waals surface area (Å²) in [6.45, 7) is 1.37. The maximum Gasteiger partial charge on any atom is 0.272 e. The summed E-state index contributed by atoms with van der Waals surface area (Å²) in [5, 5.41) is 7.36. The van der Waals surface area contributed by atoms with Gasteiger partial charge in [-0.1, -0.05) is 0 Å². The van der Waals surface area contributed by atoms with Crippen LogP contribution in [-0.4, -0.2) is 22.3 Å². The summed E-state index contributed by atoms with van der Waals surface area (Å²) in [7, 11) is 0. The van der Waals surface area contributed by atoms with E-state index in [1.165, 1.54) is 12.1 Å². The SMILES string of the molecule is O=C(NC1CCOc2ccc(F)cc21)c1cc2n(n1)CCCC2. The molecule has 0 saturated heterocycles. The maximum absolute atomic E-state index is 13.5. The third-order valence-electron chi connectivity index (χ3n) is 4.47. The molecule has 1 N–H and O–H groups in total. The Morgan fingerprint density at radius 2 is 2.26 bits per heavy atom. The molecule has 23 heavy (non-hydrogen) atoms. The van der Waals surface area contributed by atoms with Crippen molar-refractivity contribution in [1.29, 1.82) is 0 Å². The van der Waals surface area contributed by atoms with E-state index in [1.54, 1.807) is 6.07 Å². The molecule has 1 unspecified atom stereocenters. The van der Waals surface area contributed by atoms with Gasteiger partial charge in [0.1, 0.15) is 17.3 Å². The molecule has 2 aromatic rings. The topological polar surface area (TPSA) is 56.1 Å². The molecule has 2 aliphatic rings. The second-order valence-corrected chi connectivity index (χ2v) is 6.05. The first-order valence-corrected chi connectivity index (χ1v) is 8.00. The van der Waals surface area contributed by atoms with Gasteiger partial charge in [-0.2, -0.15) is 5.10 Å². The first-order valence-electron chi connectivity index (χ1n) is 8.00. The number of nitrogens with one attached hydrogen (secondary N) is 1. The highest BCUT2D eigenvalue weighted by atomic mass is 19.1. The van der Waals surface area contributed by atoms with Crippen molar-refractivity contribution in [1.82, 2.24) is 15.1 Å². The molecule has 1 aromatic heterocycles. The molecule has 0 bridgehead atoms. The molecule has 3 heterocycles. The maximum atomic E-state index is 13.5. The van der Waals surface area contributed by atoms with Crippen LogP contribution in [0.1, 0.15) is 47.1 Å². The summed E-state index contributed by atoms with van der Waals surface area (Å²) in [6.07, 6.45) is 3.82. The van der Waals surface area contributed by atoms with E-state index in [0.29, 0.717) is 30.0 Å². The van der Waals surface area contributed by atoms with Crippen molar-refractivity contribution in [2.75, 3.05) is 6.61 Å². The van der Waals surface area contributed by atoms with Crippen molar-refractivity contribution >= 4 is 5.91 Å². The number of nitrogens with zero attached hydrogens (tertiary/aromatic N) is 2. The molecule has 1 aromatic carbocycles. The standard InChI is InChI=1S/C17H18FN3O2/c18-11-4-5-16-13(9-11)14(6-8-23-16)19-17(22)15-10-12-3-1-2-7-21(12)20-15/h4-5,9-10,14H,1-3,6-8H2,(H,19,22). The van der Waals surface area contributed by atoms with Crippen molar-refractivity contribution in [2.24, 2.45) is 0 Å². The van der Waals surface area contributed by atoms with E-state index in [9.17, 15) is 9.18 Å². The zero-order valence-electron chi connectivity index (χ0n) is 12.7. The lowest BCUT2D eigenvalue weighted by atomic mass is 10.00. The Labute approximate surface area is 133 Å². The summed E-state index contributed by atoms with van der Waals surface area (Å²) in [5.41, 5.74) is 2.24. The third kappa shape index (κ3) is 2.69. The average Bonchev–Trinajstić information content (AvgIpc) is 2.99. The van der Waals surface area contributed by atoms with Crippen LogP contribution in [0.4, 0.5) is 4.39 Å². The number of hydrogen-bond donors (Lipinski definition) is 1. The van der Waals surface area contributed by atoms with Crippen LogP contribution in [0, 0.1) is 5.82 Å².